The molecule has 9 nitrogen and oxygen atoms in total. The lowest BCUT2D eigenvalue weighted by Gasteiger charge is -2.27. The molecule has 0 radical (unpaired) electrons. The maximum atomic E-state index is 13.6. The van der Waals surface area contributed by atoms with Gasteiger partial charge >= 0.3 is 5.69 Å². The van der Waals surface area contributed by atoms with Crippen molar-refractivity contribution in [2.75, 3.05) is 18.4 Å². The van der Waals surface area contributed by atoms with Crippen molar-refractivity contribution in [3.63, 3.8) is 0 Å². The normalized spacial score (nSPS) is 13.8. The summed E-state index contributed by atoms with van der Waals surface area (Å²) in [5.74, 6) is -0.740. The molecular formula is C26H31N5O4. The molecule has 1 aliphatic heterocycles. The third-order valence-corrected chi connectivity index (χ3v) is 6.60. The van der Waals surface area contributed by atoms with Crippen molar-refractivity contribution in [3.8, 4) is 0 Å². The van der Waals surface area contributed by atoms with Gasteiger partial charge in [-0.05, 0) is 56.7 Å². The summed E-state index contributed by atoms with van der Waals surface area (Å²) in [4.78, 5) is 59.1. The summed E-state index contributed by atoms with van der Waals surface area (Å²) in [6.45, 7) is 6.39. The minimum atomic E-state index is -0.688. The summed E-state index contributed by atoms with van der Waals surface area (Å²) >= 11 is 0. The summed E-state index contributed by atoms with van der Waals surface area (Å²) in [6.07, 6.45) is 3.61. The van der Waals surface area contributed by atoms with Crippen LogP contribution < -0.4 is 16.6 Å². The number of nitrogens with zero attached hydrogens (tertiary/aromatic N) is 4. The molecule has 4 rings (SSSR count). The van der Waals surface area contributed by atoms with Gasteiger partial charge in [0.05, 0.1) is 10.9 Å². The standard InChI is InChI=1S/C26H31N5O4/c1-5-18-11-9-10-16(2)22(18)28-20(32)15-31-25(34)21-19(24(33)30-12-7-6-8-13-30)14-17(3)27-23(21)29(4)26(31)35/h9-11,14H,5-8,12-13,15H2,1-4H3,(H,28,32). The molecule has 0 atom stereocenters. The molecule has 9 heteroatoms. The molecule has 0 unspecified atom stereocenters. The Morgan fingerprint density at radius 2 is 1.80 bits per heavy atom. The molecular weight excluding hydrogens is 446 g/mol. The molecule has 1 aromatic carbocycles. The molecule has 0 bridgehead atoms. The number of piperidine rings is 1. The number of carbonyl (C=O) groups excluding carboxylic acids is 2. The molecule has 35 heavy (non-hydrogen) atoms. The lowest BCUT2D eigenvalue weighted by atomic mass is 10.1. The van der Waals surface area contributed by atoms with Crippen LogP contribution in [-0.4, -0.2) is 43.9 Å². The van der Waals surface area contributed by atoms with Crippen molar-refractivity contribution < 1.29 is 9.59 Å². The van der Waals surface area contributed by atoms with Gasteiger partial charge in [0.25, 0.3) is 11.5 Å². The van der Waals surface area contributed by atoms with Crippen LogP contribution in [0, 0.1) is 13.8 Å². The molecule has 1 fully saturated rings. The number of hydrogen-bond acceptors (Lipinski definition) is 5. The number of hydrogen-bond donors (Lipinski definition) is 1. The first kappa shape index (κ1) is 24.4. The van der Waals surface area contributed by atoms with Gasteiger partial charge in [0.15, 0.2) is 0 Å². The van der Waals surface area contributed by atoms with Crippen LogP contribution in [0.3, 0.4) is 0 Å². The predicted molar refractivity (Wildman–Crippen MR) is 135 cm³/mol. The van der Waals surface area contributed by atoms with Gasteiger partial charge in [-0.15, -0.1) is 0 Å². The number of likely N-dealkylation sites (tertiary alicyclic amines) is 1. The number of benzene rings is 1. The minimum absolute atomic E-state index is 0.0613. The van der Waals surface area contributed by atoms with Gasteiger partial charge in [-0.25, -0.2) is 9.78 Å². The van der Waals surface area contributed by atoms with Crippen molar-refractivity contribution in [1.82, 2.24) is 19.0 Å². The van der Waals surface area contributed by atoms with Crippen LogP contribution in [0.2, 0.25) is 0 Å². The Bertz CT molecular complexity index is 1430. The number of para-hydroxylation sites is 1. The number of fused-ring (bicyclic) bond motifs is 1. The van der Waals surface area contributed by atoms with Crippen molar-refractivity contribution in [2.45, 2.75) is 53.0 Å². The maximum Gasteiger partial charge on any atom is 0.332 e. The zero-order valence-electron chi connectivity index (χ0n) is 20.7. The SMILES string of the molecule is CCc1cccc(C)c1NC(=O)Cn1c(=O)c2c(C(=O)N3CCCCC3)cc(C)nc2n(C)c1=O. The van der Waals surface area contributed by atoms with Gasteiger partial charge in [-0.2, -0.15) is 0 Å². The third-order valence-electron chi connectivity index (χ3n) is 6.60. The Morgan fingerprint density at radius 3 is 2.49 bits per heavy atom. The van der Waals surface area contributed by atoms with Crippen molar-refractivity contribution in [2.24, 2.45) is 7.05 Å². The monoisotopic (exact) mass is 477 g/mol. The van der Waals surface area contributed by atoms with E-state index in [1.807, 2.05) is 32.0 Å². The van der Waals surface area contributed by atoms with Crippen molar-refractivity contribution >= 4 is 28.5 Å². The highest BCUT2D eigenvalue weighted by molar-refractivity contribution is 6.05. The number of rotatable bonds is 5. The third kappa shape index (κ3) is 4.62. The lowest BCUT2D eigenvalue weighted by Crippen LogP contribution is -2.43. The first-order valence-electron chi connectivity index (χ1n) is 12.0. The van der Waals surface area contributed by atoms with Crippen LogP contribution in [-0.2, 0) is 24.8 Å². The summed E-state index contributed by atoms with van der Waals surface area (Å²) in [7, 11) is 1.50. The largest absolute Gasteiger partial charge is 0.339 e. The van der Waals surface area contributed by atoms with E-state index in [-0.39, 0.29) is 22.5 Å². The summed E-state index contributed by atoms with van der Waals surface area (Å²) in [5, 5.41) is 2.92. The number of anilines is 1. The highest BCUT2D eigenvalue weighted by Crippen LogP contribution is 2.21. The molecule has 2 amide bonds. The second-order valence-electron chi connectivity index (χ2n) is 9.11. The second kappa shape index (κ2) is 9.85. The number of pyridine rings is 1. The summed E-state index contributed by atoms with van der Waals surface area (Å²) < 4.78 is 2.11. The number of amides is 2. The van der Waals surface area contributed by atoms with Gasteiger partial charge in [0, 0.05) is 31.5 Å². The second-order valence-corrected chi connectivity index (χ2v) is 9.11. The fraction of sp³-hybridized carbons (Fsp3) is 0.423. The van der Waals surface area contributed by atoms with E-state index in [4.69, 9.17) is 0 Å². The van der Waals surface area contributed by atoms with Gasteiger partial charge in [0.2, 0.25) is 5.91 Å². The topological polar surface area (TPSA) is 106 Å². The van der Waals surface area contributed by atoms with Crippen LogP contribution in [0.25, 0.3) is 11.0 Å². The number of aryl methyl sites for hydroxylation is 4. The Hall–Kier alpha value is -3.75. The van der Waals surface area contributed by atoms with Crippen LogP contribution >= 0.6 is 0 Å². The van der Waals surface area contributed by atoms with E-state index in [0.717, 1.165) is 41.4 Å². The van der Waals surface area contributed by atoms with E-state index in [1.165, 1.54) is 11.6 Å². The Kier molecular flexibility index (Phi) is 6.86. The van der Waals surface area contributed by atoms with Crippen LogP contribution in [0.4, 0.5) is 5.69 Å². The molecule has 1 saturated heterocycles. The molecule has 0 spiro atoms. The van der Waals surface area contributed by atoms with E-state index >= 15 is 0 Å². The fourth-order valence-electron chi connectivity index (χ4n) is 4.70. The highest BCUT2D eigenvalue weighted by Gasteiger charge is 2.25. The molecule has 3 heterocycles. The van der Waals surface area contributed by atoms with Gasteiger partial charge in [0.1, 0.15) is 12.2 Å². The average molecular weight is 478 g/mol. The minimum Gasteiger partial charge on any atom is -0.339 e. The first-order chi connectivity index (χ1) is 16.7. The lowest BCUT2D eigenvalue weighted by molar-refractivity contribution is -0.116. The zero-order valence-corrected chi connectivity index (χ0v) is 20.7. The Morgan fingerprint density at radius 1 is 1.09 bits per heavy atom. The number of nitrogens with one attached hydrogen (secondary N) is 1. The van der Waals surface area contributed by atoms with Crippen LogP contribution in [0.15, 0.2) is 33.9 Å². The zero-order chi connectivity index (χ0) is 25.3. The quantitative estimate of drug-likeness (QED) is 0.608. The van der Waals surface area contributed by atoms with Crippen molar-refractivity contribution in [3.05, 3.63) is 67.5 Å². The summed E-state index contributed by atoms with van der Waals surface area (Å²) in [5.41, 5.74) is 2.09. The van der Waals surface area contributed by atoms with Crippen molar-refractivity contribution in [1.29, 1.82) is 0 Å². The van der Waals surface area contributed by atoms with E-state index < -0.39 is 23.7 Å². The molecule has 0 saturated carbocycles. The molecule has 2 aromatic heterocycles. The van der Waals surface area contributed by atoms with E-state index in [9.17, 15) is 19.2 Å². The van der Waals surface area contributed by atoms with E-state index in [2.05, 4.69) is 10.3 Å². The molecule has 3 aromatic rings. The van der Waals surface area contributed by atoms with Crippen LogP contribution in [0.1, 0.15) is 53.4 Å². The molecule has 0 aliphatic carbocycles. The fourth-order valence-corrected chi connectivity index (χ4v) is 4.70. The maximum absolute atomic E-state index is 13.6. The Labute approximate surface area is 203 Å². The van der Waals surface area contributed by atoms with Gasteiger partial charge in [-0.3, -0.25) is 23.5 Å². The Balaban J connectivity index is 1.79. The predicted octanol–water partition coefficient (Wildman–Crippen LogP) is 2.54. The summed E-state index contributed by atoms with van der Waals surface area (Å²) in [6, 6.07) is 7.33. The molecule has 184 valence electrons. The molecule has 1 aliphatic rings. The van der Waals surface area contributed by atoms with Crippen LogP contribution in [0.5, 0.6) is 0 Å². The molecule has 1 N–H and O–H groups in total. The van der Waals surface area contributed by atoms with E-state index in [0.29, 0.717) is 24.5 Å². The number of aromatic nitrogens is 3. The average Bonchev–Trinajstić information content (AvgIpc) is 2.86. The van der Waals surface area contributed by atoms with E-state index in [1.54, 1.807) is 17.9 Å². The smallest absolute Gasteiger partial charge is 0.332 e. The van der Waals surface area contributed by atoms with Gasteiger partial charge in [-0.1, -0.05) is 25.1 Å². The first-order valence-corrected chi connectivity index (χ1v) is 12.0. The number of carbonyl (C=O) groups is 2. The highest BCUT2D eigenvalue weighted by atomic mass is 16.2. The van der Waals surface area contributed by atoms with Gasteiger partial charge < -0.3 is 10.2 Å².